The minimum atomic E-state index is -0.646. The van der Waals surface area contributed by atoms with Crippen LogP contribution in [0.2, 0.25) is 0 Å². The van der Waals surface area contributed by atoms with Gasteiger partial charge in [-0.05, 0) is 11.8 Å². The molecule has 8 heteroatoms. The number of hydrogen-bond donors (Lipinski definition) is 2. The molecule has 0 spiro atoms. The Hall–Kier alpha value is -1.51. The Bertz CT molecular complexity index is 476. The standard InChI is InChI=1S/C12H21N5O3/c1-9-6-15(4-3-13-9)7-11(18)8-16-10(2)14-5-12(16)17(19)20/h5,9,11,13,18H,3-4,6-8H2,1-2H3. The minimum Gasteiger partial charge on any atom is -0.388 e. The Morgan fingerprint density at radius 3 is 3.05 bits per heavy atom. The van der Waals surface area contributed by atoms with E-state index in [1.165, 1.54) is 10.8 Å². The summed E-state index contributed by atoms with van der Waals surface area (Å²) in [5, 5.41) is 24.4. The molecule has 0 radical (unpaired) electrons. The van der Waals surface area contributed by atoms with Gasteiger partial charge in [-0.25, -0.2) is 9.55 Å². The molecule has 1 saturated heterocycles. The summed E-state index contributed by atoms with van der Waals surface area (Å²) in [6.07, 6.45) is 0.585. The SMILES string of the molecule is Cc1ncc([N+](=O)[O-])n1CC(O)CN1CCNC(C)C1. The molecule has 0 saturated carbocycles. The van der Waals surface area contributed by atoms with Crippen LogP contribution in [0.25, 0.3) is 0 Å². The molecule has 2 rings (SSSR count). The van der Waals surface area contributed by atoms with Crippen LogP contribution in [0.15, 0.2) is 6.20 Å². The molecule has 1 aromatic rings. The normalized spacial score (nSPS) is 21.9. The van der Waals surface area contributed by atoms with Crippen LogP contribution in [0.3, 0.4) is 0 Å². The second kappa shape index (κ2) is 6.29. The number of piperazine rings is 1. The van der Waals surface area contributed by atoms with Crippen molar-refractivity contribution >= 4 is 5.82 Å². The van der Waals surface area contributed by atoms with Crippen LogP contribution < -0.4 is 5.32 Å². The number of aryl methyl sites for hydroxylation is 1. The lowest BCUT2D eigenvalue weighted by Crippen LogP contribution is -2.51. The molecular formula is C12H21N5O3. The highest BCUT2D eigenvalue weighted by molar-refractivity contribution is 5.18. The lowest BCUT2D eigenvalue weighted by atomic mass is 10.2. The molecule has 8 nitrogen and oxygen atoms in total. The number of hydrogen-bond acceptors (Lipinski definition) is 6. The number of aliphatic hydroxyl groups excluding tert-OH is 1. The van der Waals surface area contributed by atoms with Crippen LogP contribution in [0, 0.1) is 17.0 Å². The maximum atomic E-state index is 10.9. The van der Waals surface area contributed by atoms with Gasteiger partial charge in [0.25, 0.3) is 0 Å². The van der Waals surface area contributed by atoms with Crippen molar-refractivity contribution in [1.82, 2.24) is 19.8 Å². The highest BCUT2D eigenvalue weighted by Gasteiger charge is 2.23. The first-order valence-corrected chi connectivity index (χ1v) is 6.77. The van der Waals surface area contributed by atoms with Gasteiger partial charge in [-0.2, -0.15) is 0 Å². The zero-order valence-corrected chi connectivity index (χ0v) is 11.8. The van der Waals surface area contributed by atoms with Crippen molar-refractivity contribution in [1.29, 1.82) is 0 Å². The van der Waals surface area contributed by atoms with E-state index in [1.807, 2.05) is 0 Å². The largest absolute Gasteiger partial charge is 0.388 e. The zero-order chi connectivity index (χ0) is 14.7. The highest BCUT2D eigenvalue weighted by Crippen LogP contribution is 2.14. The van der Waals surface area contributed by atoms with Crippen molar-refractivity contribution in [3.63, 3.8) is 0 Å². The molecule has 2 unspecified atom stereocenters. The first-order chi connectivity index (χ1) is 9.47. The minimum absolute atomic E-state index is 0.0739. The van der Waals surface area contributed by atoms with Crippen LogP contribution in [-0.2, 0) is 6.54 Å². The molecule has 20 heavy (non-hydrogen) atoms. The summed E-state index contributed by atoms with van der Waals surface area (Å²) in [6.45, 7) is 7.17. The van der Waals surface area contributed by atoms with Crippen molar-refractivity contribution < 1.29 is 10.0 Å². The highest BCUT2D eigenvalue weighted by atomic mass is 16.6. The van der Waals surface area contributed by atoms with Crippen LogP contribution >= 0.6 is 0 Å². The predicted molar refractivity (Wildman–Crippen MR) is 73.5 cm³/mol. The molecule has 2 heterocycles. The van der Waals surface area contributed by atoms with Gasteiger partial charge in [-0.15, -0.1) is 0 Å². The van der Waals surface area contributed by atoms with E-state index in [9.17, 15) is 15.2 Å². The second-order valence-corrected chi connectivity index (χ2v) is 5.30. The first kappa shape index (κ1) is 14.9. The second-order valence-electron chi connectivity index (χ2n) is 5.30. The van der Waals surface area contributed by atoms with Crippen molar-refractivity contribution in [2.75, 3.05) is 26.2 Å². The summed E-state index contributed by atoms with van der Waals surface area (Å²) in [6, 6.07) is 0.403. The fourth-order valence-corrected chi connectivity index (χ4v) is 2.57. The van der Waals surface area contributed by atoms with Crippen molar-refractivity contribution in [2.45, 2.75) is 32.5 Å². The van der Waals surface area contributed by atoms with E-state index in [4.69, 9.17) is 0 Å². The third kappa shape index (κ3) is 3.53. The van der Waals surface area contributed by atoms with Crippen LogP contribution in [0.4, 0.5) is 5.82 Å². The predicted octanol–water partition coefficient (Wildman–Crippen LogP) is -0.246. The topological polar surface area (TPSA) is 96.5 Å². The van der Waals surface area contributed by atoms with Gasteiger partial charge in [0.2, 0.25) is 0 Å². The molecule has 0 aromatic carbocycles. The average Bonchev–Trinajstić information content (AvgIpc) is 2.71. The van der Waals surface area contributed by atoms with Gasteiger partial charge in [0, 0.05) is 39.1 Å². The Morgan fingerprint density at radius 1 is 1.65 bits per heavy atom. The van der Waals surface area contributed by atoms with E-state index in [0.29, 0.717) is 18.4 Å². The maximum Gasteiger partial charge on any atom is 0.342 e. The summed E-state index contributed by atoms with van der Waals surface area (Å²) < 4.78 is 1.45. The Morgan fingerprint density at radius 2 is 2.40 bits per heavy atom. The zero-order valence-electron chi connectivity index (χ0n) is 11.8. The molecule has 0 bridgehead atoms. The molecule has 112 valence electrons. The quantitative estimate of drug-likeness (QED) is 0.571. The first-order valence-electron chi connectivity index (χ1n) is 6.77. The monoisotopic (exact) mass is 283 g/mol. The molecule has 1 aliphatic heterocycles. The molecule has 0 amide bonds. The van der Waals surface area contributed by atoms with Gasteiger partial charge in [0.15, 0.2) is 5.82 Å². The van der Waals surface area contributed by atoms with Gasteiger partial charge in [0.1, 0.15) is 18.8 Å². The summed E-state index contributed by atoms with van der Waals surface area (Å²) in [5.41, 5.74) is 0. The Kier molecular flexibility index (Phi) is 4.69. The lowest BCUT2D eigenvalue weighted by Gasteiger charge is -2.32. The summed E-state index contributed by atoms with van der Waals surface area (Å²) in [4.78, 5) is 16.5. The van der Waals surface area contributed by atoms with Crippen molar-refractivity contribution in [2.24, 2.45) is 0 Å². The van der Waals surface area contributed by atoms with Crippen molar-refractivity contribution in [3.05, 3.63) is 22.1 Å². The lowest BCUT2D eigenvalue weighted by molar-refractivity contribution is -0.392. The van der Waals surface area contributed by atoms with Crippen LogP contribution in [0.5, 0.6) is 0 Å². The molecular weight excluding hydrogens is 262 g/mol. The van der Waals surface area contributed by atoms with E-state index in [0.717, 1.165) is 19.6 Å². The van der Waals surface area contributed by atoms with E-state index < -0.39 is 11.0 Å². The number of aliphatic hydroxyl groups is 1. The van der Waals surface area contributed by atoms with Crippen molar-refractivity contribution in [3.8, 4) is 0 Å². The number of nitrogens with zero attached hydrogens (tertiary/aromatic N) is 4. The van der Waals surface area contributed by atoms with Gasteiger partial charge in [0.05, 0.1) is 0 Å². The number of nitro groups is 1. The summed E-state index contributed by atoms with van der Waals surface area (Å²) >= 11 is 0. The molecule has 0 aliphatic carbocycles. The number of rotatable bonds is 5. The van der Waals surface area contributed by atoms with E-state index in [2.05, 4.69) is 22.1 Å². The Labute approximate surface area is 117 Å². The fourth-order valence-electron chi connectivity index (χ4n) is 2.57. The fraction of sp³-hybridized carbons (Fsp3) is 0.750. The maximum absolute atomic E-state index is 10.9. The van der Waals surface area contributed by atoms with Gasteiger partial charge in [-0.3, -0.25) is 4.90 Å². The molecule has 1 fully saturated rings. The van der Waals surface area contributed by atoms with E-state index >= 15 is 0 Å². The number of β-amino-alcohol motifs (C(OH)–C–C–N with tert-alkyl or cyclic N) is 1. The summed E-state index contributed by atoms with van der Waals surface area (Å²) in [5.74, 6) is 0.472. The molecule has 1 aromatic heterocycles. The van der Waals surface area contributed by atoms with E-state index in [1.54, 1.807) is 6.92 Å². The van der Waals surface area contributed by atoms with Crippen LogP contribution in [-0.4, -0.2) is 62.8 Å². The van der Waals surface area contributed by atoms with Crippen LogP contribution in [0.1, 0.15) is 12.7 Å². The number of nitrogens with one attached hydrogen (secondary N) is 1. The molecule has 2 atom stereocenters. The smallest absolute Gasteiger partial charge is 0.342 e. The third-order valence-corrected chi connectivity index (χ3v) is 3.54. The Balaban J connectivity index is 1.96. The number of aromatic nitrogens is 2. The molecule has 2 N–H and O–H groups in total. The average molecular weight is 283 g/mol. The molecule has 1 aliphatic rings. The number of imidazole rings is 1. The van der Waals surface area contributed by atoms with Gasteiger partial charge in [-0.1, -0.05) is 0 Å². The third-order valence-electron chi connectivity index (χ3n) is 3.54. The van der Waals surface area contributed by atoms with E-state index in [-0.39, 0.29) is 12.4 Å². The summed E-state index contributed by atoms with van der Waals surface area (Å²) in [7, 11) is 0. The van der Waals surface area contributed by atoms with Gasteiger partial charge >= 0.3 is 5.82 Å². The van der Waals surface area contributed by atoms with Gasteiger partial charge < -0.3 is 20.5 Å².